The van der Waals surface area contributed by atoms with Gasteiger partial charge >= 0.3 is 12.4 Å². The standard InChI is InChI=1S/C14H12F4N4O6S2/c1-2-29(24,25)8-5-3-4-6-9(8)30(26,27)22-13(23)21-12-19-10(15)7-11(20-12)28-14(16,17)18/h3-7H,2H2,1H3,(H2,19,20,21,22,23). The Kier molecular flexibility index (Phi) is 6.51. The fraction of sp³-hybridized carbons (Fsp3) is 0.214. The zero-order chi connectivity index (χ0) is 22.7. The van der Waals surface area contributed by atoms with Crippen molar-refractivity contribution in [3.8, 4) is 5.88 Å². The van der Waals surface area contributed by atoms with E-state index in [1.165, 1.54) is 23.8 Å². The maximum Gasteiger partial charge on any atom is 0.574 e. The topological polar surface area (TPSA) is 144 Å². The number of ether oxygens (including phenoxy) is 1. The van der Waals surface area contributed by atoms with Crippen LogP contribution >= 0.6 is 0 Å². The Balaban J connectivity index is 2.28. The van der Waals surface area contributed by atoms with Crippen LogP contribution in [0, 0.1) is 5.95 Å². The van der Waals surface area contributed by atoms with Crippen molar-refractivity contribution in [2.75, 3.05) is 11.1 Å². The smallest absolute Gasteiger partial charge is 0.388 e. The number of nitrogens with one attached hydrogen (secondary N) is 2. The fourth-order valence-corrected chi connectivity index (χ4v) is 4.69. The van der Waals surface area contributed by atoms with Crippen molar-refractivity contribution in [1.29, 1.82) is 0 Å². The van der Waals surface area contributed by atoms with Gasteiger partial charge in [-0.15, -0.1) is 13.2 Å². The number of hydrogen-bond donors (Lipinski definition) is 2. The third-order valence-corrected chi connectivity index (χ3v) is 6.50. The van der Waals surface area contributed by atoms with Crippen LogP contribution in [0.1, 0.15) is 6.92 Å². The van der Waals surface area contributed by atoms with Gasteiger partial charge in [0.15, 0.2) is 9.84 Å². The Morgan fingerprint density at radius 3 is 2.27 bits per heavy atom. The molecule has 2 N–H and O–H groups in total. The molecule has 0 atom stereocenters. The molecule has 0 bridgehead atoms. The number of urea groups is 1. The molecular weight excluding hydrogens is 460 g/mol. The highest BCUT2D eigenvalue weighted by molar-refractivity contribution is 7.93. The van der Waals surface area contributed by atoms with Crippen LogP contribution in [-0.2, 0) is 19.9 Å². The van der Waals surface area contributed by atoms with Crippen LogP contribution in [0.4, 0.5) is 28.3 Å². The molecule has 2 aromatic rings. The summed E-state index contributed by atoms with van der Waals surface area (Å²) in [4.78, 5) is 16.7. The number of sulfone groups is 1. The number of halogens is 4. The van der Waals surface area contributed by atoms with E-state index in [2.05, 4.69) is 14.7 Å². The average Bonchev–Trinajstić information content (AvgIpc) is 2.59. The van der Waals surface area contributed by atoms with E-state index >= 15 is 0 Å². The molecule has 30 heavy (non-hydrogen) atoms. The van der Waals surface area contributed by atoms with Gasteiger partial charge in [0.25, 0.3) is 10.0 Å². The molecule has 16 heteroatoms. The van der Waals surface area contributed by atoms with Crippen molar-refractivity contribution in [2.24, 2.45) is 0 Å². The van der Waals surface area contributed by atoms with Crippen molar-refractivity contribution in [3.05, 3.63) is 36.3 Å². The highest BCUT2D eigenvalue weighted by Gasteiger charge is 2.32. The van der Waals surface area contributed by atoms with Crippen molar-refractivity contribution in [1.82, 2.24) is 14.7 Å². The van der Waals surface area contributed by atoms with Crippen molar-refractivity contribution >= 4 is 31.8 Å². The molecule has 0 radical (unpaired) electrons. The number of amides is 2. The molecule has 10 nitrogen and oxygen atoms in total. The van der Waals surface area contributed by atoms with E-state index in [9.17, 15) is 39.2 Å². The normalized spacial score (nSPS) is 12.3. The van der Waals surface area contributed by atoms with E-state index in [1.807, 2.05) is 0 Å². The summed E-state index contributed by atoms with van der Waals surface area (Å²) in [6.45, 7) is 1.28. The first kappa shape index (κ1) is 23.3. The largest absolute Gasteiger partial charge is 0.574 e. The lowest BCUT2D eigenvalue weighted by Crippen LogP contribution is -2.35. The zero-order valence-electron chi connectivity index (χ0n) is 14.8. The Morgan fingerprint density at radius 2 is 1.70 bits per heavy atom. The van der Waals surface area contributed by atoms with Crippen LogP contribution in [0.5, 0.6) is 5.88 Å². The summed E-state index contributed by atoms with van der Waals surface area (Å²) >= 11 is 0. The van der Waals surface area contributed by atoms with E-state index < -0.39 is 65.6 Å². The van der Waals surface area contributed by atoms with Gasteiger partial charge in [-0.1, -0.05) is 19.1 Å². The van der Waals surface area contributed by atoms with Crippen molar-refractivity contribution in [3.63, 3.8) is 0 Å². The van der Waals surface area contributed by atoms with Gasteiger partial charge in [-0.2, -0.15) is 14.4 Å². The molecule has 0 aliphatic heterocycles. The van der Waals surface area contributed by atoms with Crippen LogP contribution in [0.2, 0.25) is 0 Å². The highest BCUT2D eigenvalue weighted by atomic mass is 32.2. The molecule has 2 amide bonds. The second-order valence-electron chi connectivity index (χ2n) is 5.31. The minimum absolute atomic E-state index is 0.180. The molecule has 0 spiro atoms. The van der Waals surface area contributed by atoms with Crippen LogP contribution in [0.15, 0.2) is 40.1 Å². The Morgan fingerprint density at radius 1 is 1.10 bits per heavy atom. The number of carbonyl (C=O) groups excluding carboxylic acids is 1. The number of carbonyl (C=O) groups is 1. The minimum Gasteiger partial charge on any atom is -0.388 e. The van der Waals surface area contributed by atoms with Gasteiger partial charge in [0.1, 0.15) is 4.90 Å². The third kappa shape index (κ3) is 5.99. The molecular formula is C14H12F4N4O6S2. The summed E-state index contributed by atoms with van der Waals surface area (Å²) in [5.41, 5.74) is 0. The Hall–Kier alpha value is -3.01. The second kappa shape index (κ2) is 8.39. The Bertz CT molecular complexity index is 1170. The number of nitrogens with zero attached hydrogens (tertiary/aromatic N) is 2. The monoisotopic (exact) mass is 472 g/mol. The zero-order valence-corrected chi connectivity index (χ0v) is 16.4. The summed E-state index contributed by atoms with van der Waals surface area (Å²) in [6.07, 6.45) is -5.21. The molecule has 0 fully saturated rings. The van der Waals surface area contributed by atoms with Gasteiger partial charge in [-0.05, 0) is 12.1 Å². The van der Waals surface area contributed by atoms with E-state index in [-0.39, 0.29) is 6.07 Å². The molecule has 0 aliphatic rings. The summed E-state index contributed by atoms with van der Waals surface area (Å²) in [5, 5.41) is 1.62. The lowest BCUT2D eigenvalue weighted by molar-refractivity contribution is -0.276. The van der Waals surface area contributed by atoms with Gasteiger partial charge in [-0.3, -0.25) is 5.32 Å². The molecule has 164 valence electrons. The average molecular weight is 472 g/mol. The van der Waals surface area contributed by atoms with Crippen LogP contribution in [0.3, 0.4) is 0 Å². The quantitative estimate of drug-likeness (QED) is 0.479. The van der Waals surface area contributed by atoms with Crippen molar-refractivity contribution < 1.29 is 43.9 Å². The Labute approximate surface area is 167 Å². The van der Waals surface area contributed by atoms with Crippen molar-refractivity contribution in [2.45, 2.75) is 23.1 Å². The molecule has 0 unspecified atom stereocenters. The van der Waals surface area contributed by atoms with E-state index in [0.717, 1.165) is 12.1 Å². The summed E-state index contributed by atoms with van der Waals surface area (Å²) in [6, 6.07) is 3.00. The first-order chi connectivity index (χ1) is 13.7. The number of benzene rings is 1. The second-order valence-corrected chi connectivity index (χ2v) is 9.21. The number of aromatic nitrogens is 2. The highest BCUT2D eigenvalue weighted by Crippen LogP contribution is 2.23. The van der Waals surface area contributed by atoms with Crippen LogP contribution in [-0.4, -0.2) is 44.9 Å². The predicted molar refractivity (Wildman–Crippen MR) is 92.2 cm³/mol. The number of anilines is 1. The third-order valence-electron chi connectivity index (χ3n) is 3.20. The van der Waals surface area contributed by atoms with Crippen LogP contribution < -0.4 is 14.8 Å². The summed E-state index contributed by atoms with van der Waals surface area (Å²) in [5.74, 6) is -4.28. The lowest BCUT2D eigenvalue weighted by atomic mass is 10.4. The number of rotatable bonds is 6. The molecule has 1 aromatic heterocycles. The number of alkyl halides is 3. The van der Waals surface area contributed by atoms with Gasteiger partial charge < -0.3 is 4.74 Å². The molecule has 1 aromatic carbocycles. The van der Waals surface area contributed by atoms with Gasteiger partial charge in [0.2, 0.25) is 17.8 Å². The molecule has 0 aliphatic carbocycles. The maximum atomic E-state index is 13.3. The van der Waals surface area contributed by atoms with Gasteiger partial charge in [-0.25, -0.2) is 26.4 Å². The molecule has 1 heterocycles. The van der Waals surface area contributed by atoms with Gasteiger partial charge in [0, 0.05) is 0 Å². The SMILES string of the molecule is CCS(=O)(=O)c1ccccc1S(=O)(=O)NC(=O)Nc1nc(F)cc(OC(F)(F)F)n1. The number of hydrogen-bond acceptors (Lipinski definition) is 8. The first-order valence-electron chi connectivity index (χ1n) is 7.69. The maximum absolute atomic E-state index is 13.3. The predicted octanol–water partition coefficient (Wildman–Crippen LogP) is 1.82. The molecule has 2 rings (SSSR count). The van der Waals surface area contributed by atoms with E-state index in [1.54, 1.807) is 5.32 Å². The van der Waals surface area contributed by atoms with Crippen LogP contribution in [0.25, 0.3) is 0 Å². The molecule has 0 saturated heterocycles. The summed E-state index contributed by atoms with van der Waals surface area (Å²) in [7, 11) is -8.74. The summed E-state index contributed by atoms with van der Waals surface area (Å²) < 4.78 is 104. The number of sulfonamides is 1. The van der Waals surface area contributed by atoms with Gasteiger partial charge in [0.05, 0.1) is 16.7 Å². The minimum atomic E-state index is -5.21. The van der Waals surface area contributed by atoms with E-state index in [4.69, 9.17) is 0 Å². The molecule has 0 saturated carbocycles. The fourth-order valence-electron chi connectivity index (χ4n) is 2.01. The van der Waals surface area contributed by atoms with E-state index in [0.29, 0.717) is 0 Å². The lowest BCUT2D eigenvalue weighted by Gasteiger charge is -2.12. The first-order valence-corrected chi connectivity index (χ1v) is 10.8.